The summed E-state index contributed by atoms with van der Waals surface area (Å²) in [5, 5.41) is 3.89. The van der Waals surface area contributed by atoms with Crippen molar-refractivity contribution < 1.29 is 13.6 Å². The highest BCUT2D eigenvalue weighted by Gasteiger charge is 2.35. The Balaban J connectivity index is 2.06. The van der Waals surface area contributed by atoms with Gasteiger partial charge in [-0.05, 0) is 11.6 Å². The molecular formula is C11H8F2N4O. The third-order valence-corrected chi connectivity index (χ3v) is 2.90. The van der Waals surface area contributed by atoms with Crippen molar-refractivity contribution in [1.29, 1.82) is 0 Å². The van der Waals surface area contributed by atoms with E-state index in [9.17, 15) is 13.6 Å². The smallest absolute Gasteiger partial charge is 0.214 e. The fourth-order valence-corrected chi connectivity index (χ4v) is 2.13. The molecule has 5 nitrogen and oxygen atoms in total. The first-order valence-corrected chi connectivity index (χ1v) is 5.35. The maximum absolute atomic E-state index is 13.7. The lowest BCUT2D eigenvalue weighted by Crippen LogP contribution is -2.08. The average molecular weight is 250 g/mol. The van der Waals surface area contributed by atoms with Crippen LogP contribution in [-0.4, -0.2) is 26.0 Å². The molecular weight excluding hydrogens is 242 g/mol. The summed E-state index contributed by atoms with van der Waals surface area (Å²) in [7, 11) is 0. The predicted octanol–water partition coefficient (Wildman–Crippen LogP) is 1.63. The lowest BCUT2D eigenvalue weighted by molar-refractivity contribution is 0.111. The second-order valence-corrected chi connectivity index (χ2v) is 4.05. The van der Waals surface area contributed by atoms with Crippen LogP contribution in [0.1, 0.15) is 40.6 Å². The van der Waals surface area contributed by atoms with E-state index in [1.807, 2.05) is 0 Å². The van der Waals surface area contributed by atoms with Crippen LogP contribution in [0.15, 0.2) is 18.5 Å². The van der Waals surface area contributed by atoms with Crippen LogP contribution in [0.5, 0.6) is 0 Å². The predicted molar refractivity (Wildman–Crippen MR) is 56.2 cm³/mol. The van der Waals surface area contributed by atoms with E-state index in [-0.39, 0.29) is 18.1 Å². The number of carbonyl (C=O) groups excluding carboxylic acids is 1. The lowest BCUT2D eigenvalue weighted by atomic mass is 10.1. The third-order valence-electron chi connectivity index (χ3n) is 2.90. The number of aldehydes is 1. The number of pyridine rings is 1. The summed E-state index contributed by atoms with van der Waals surface area (Å²) < 4.78 is 28.2. The van der Waals surface area contributed by atoms with Crippen LogP contribution < -0.4 is 0 Å². The van der Waals surface area contributed by atoms with E-state index in [1.54, 1.807) is 0 Å². The molecule has 0 N–H and O–H groups in total. The van der Waals surface area contributed by atoms with Gasteiger partial charge >= 0.3 is 0 Å². The Kier molecular flexibility index (Phi) is 2.39. The standard InChI is InChI=1S/C11H8F2N4O/c12-7-1-6(3-14-4-7)9-2-8(13)11-15-10(5-18)16-17(9)11/h1,3-5,8-9H,2H2. The van der Waals surface area contributed by atoms with Gasteiger partial charge in [0.15, 0.2) is 18.3 Å². The summed E-state index contributed by atoms with van der Waals surface area (Å²) in [6.45, 7) is 0. The van der Waals surface area contributed by atoms with E-state index < -0.39 is 18.0 Å². The van der Waals surface area contributed by atoms with Gasteiger partial charge in [-0.3, -0.25) is 9.78 Å². The first-order chi connectivity index (χ1) is 8.69. The summed E-state index contributed by atoms with van der Waals surface area (Å²) in [6, 6.07) is 0.807. The Hall–Kier alpha value is -2.18. The second kappa shape index (κ2) is 3.94. The number of fused-ring (bicyclic) bond motifs is 1. The zero-order valence-electron chi connectivity index (χ0n) is 9.12. The molecule has 0 amide bonds. The van der Waals surface area contributed by atoms with Gasteiger partial charge in [0.2, 0.25) is 5.82 Å². The molecule has 0 bridgehead atoms. The van der Waals surface area contributed by atoms with Gasteiger partial charge in [-0.2, -0.15) is 0 Å². The first kappa shape index (κ1) is 10.9. The molecule has 0 radical (unpaired) electrons. The third kappa shape index (κ3) is 1.59. The summed E-state index contributed by atoms with van der Waals surface area (Å²) >= 11 is 0. The van der Waals surface area contributed by atoms with Crippen molar-refractivity contribution in [1.82, 2.24) is 19.7 Å². The highest BCUT2D eigenvalue weighted by atomic mass is 19.1. The minimum Gasteiger partial charge on any atom is -0.294 e. The van der Waals surface area contributed by atoms with Gasteiger partial charge in [-0.15, -0.1) is 5.10 Å². The van der Waals surface area contributed by atoms with E-state index in [1.165, 1.54) is 16.9 Å². The molecule has 2 atom stereocenters. The number of nitrogens with zero attached hydrogens (tertiary/aromatic N) is 4. The van der Waals surface area contributed by atoms with Gasteiger partial charge in [0.1, 0.15) is 5.82 Å². The highest BCUT2D eigenvalue weighted by molar-refractivity contribution is 5.68. The topological polar surface area (TPSA) is 60.7 Å². The maximum atomic E-state index is 13.7. The Morgan fingerprint density at radius 2 is 2.28 bits per heavy atom. The molecule has 0 saturated carbocycles. The Morgan fingerprint density at radius 3 is 3.00 bits per heavy atom. The average Bonchev–Trinajstić information content (AvgIpc) is 2.90. The van der Waals surface area contributed by atoms with Gasteiger partial charge in [0.25, 0.3) is 0 Å². The van der Waals surface area contributed by atoms with Gasteiger partial charge in [-0.1, -0.05) is 0 Å². The molecule has 0 saturated heterocycles. The number of aromatic nitrogens is 4. The van der Waals surface area contributed by atoms with Crippen LogP contribution in [-0.2, 0) is 0 Å². The minimum absolute atomic E-state index is 0.0679. The Morgan fingerprint density at radius 1 is 1.44 bits per heavy atom. The summed E-state index contributed by atoms with van der Waals surface area (Å²) in [4.78, 5) is 18.1. The quantitative estimate of drug-likeness (QED) is 0.760. The monoisotopic (exact) mass is 250 g/mol. The molecule has 2 aromatic rings. The first-order valence-electron chi connectivity index (χ1n) is 5.35. The Labute approximate surface area is 100 Å². The van der Waals surface area contributed by atoms with Crippen LogP contribution in [0.2, 0.25) is 0 Å². The molecule has 18 heavy (non-hydrogen) atoms. The van der Waals surface area contributed by atoms with Crippen LogP contribution in [0, 0.1) is 5.82 Å². The van der Waals surface area contributed by atoms with Crippen molar-refractivity contribution in [2.45, 2.75) is 18.6 Å². The lowest BCUT2D eigenvalue weighted by Gasteiger charge is -2.10. The normalized spacial score (nSPS) is 21.9. The van der Waals surface area contributed by atoms with Crippen LogP contribution in [0.3, 0.4) is 0 Å². The number of rotatable bonds is 2. The van der Waals surface area contributed by atoms with Crippen molar-refractivity contribution in [3.63, 3.8) is 0 Å². The number of halogens is 2. The zero-order chi connectivity index (χ0) is 12.7. The molecule has 0 fully saturated rings. The molecule has 0 aromatic carbocycles. The van der Waals surface area contributed by atoms with Crippen LogP contribution >= 0.6 is 0 Å². The number of alkyl halides is 1. The van der Waals surface area contributed by atoms with Crippen LogP contribution in [0.25, 0.3) is 0 Å². The highest BCUT2D eigenvalue weighted by Crippen LogP contribution is 2.38. The molecule has 3 rings (SSSR count). The fourth-order valence-electron chi connectivity index (χ4n) is 2.13. The summed E-state index contributed by atoms with van der Waals surface area (Å²) in [5.74, 6) is -0.458. The van der Waals surface area contributed by atoms with E-state index in [4.69, 9.17) is 0 Å². The van der Waals surface area contributed by atoms with E-state index >= 15 is 0 Å². The number of hydrogen-bond donors (Lipinski definition) is 0. The van der Waals surface area contributed by atoms with Gasteiger partial charge in [0.05, 0.1) is 12.2 Å². The largest absolute Gasteiger partial charge is 0.294 e. The van der Waals surface area contributed by atoms with Gasteiger partial charge in [0, 0.05) is 12.6 Å². The molecule has 0 spiro atoms. The molecule has 7 heteroatoms. The summed E-state index contributed by atoms with van der Waals surface area (Å²) in [6.07, 6.45) is 1.81. The molecule has 1 aliphatic heterocycles. The van der Waals surface area contributed by atoms with Crippen molar-refractivity contribution in [2.75, 3.05) is 0 Å². The summed E-state index contributed by atoms with van der Waals surface area (Å²) in [5.41, 5.74) is 0.513. The van der Waals surface area contributed by atoms with Crippen molar-refractivity contribution in [2.24, 2.45) is 0 Å². The van der Waals surface area contributed by atoms with Crippen molar-refractivity contribution in [3.05, 3.63) is 41.5 Å². The second-order valence-electron chi connectivity index (χ2n) is 4.05. The number of hydrogen-bond acceptors (Lipinski definition) is 4. The van der Waals surface area contributed by atoms with Crippen molar-refractivity contribution in [3.8, 4) is 0 Å². The van der Waals surface area contributed by atoms with Crippen LogP contribution in [0.4, 0.5) is 8.78 Å². The van der Waals surface area contributed by atoms with E-state index in [2.05, 4.69) is 15.1 Å². The molecule has 2 unspecified atom stereocenters. The van der Waals surface area contributed by atoms with Gasteiger partial charge in [-0.25, -0.2) is 18.4 Å². The molecule has 92 valence electrons. The zero-order valence-corrected chi connectivity index (χ0v) is 9.12. The SMILES string of the molecule is O=Cc1nc2n(n1)C(c1cncc(F)c1)CC2F. The maximum Gasteiger partial charge on any atom is 0.214 e. The number of carbonyl (C=O) groups is 1. The molecule has 1 aliphatic rings. The van der Waals surface area contributed by atoms with Gasteiger partial charge < -0.3 is 0 Å². The minimum atomic E-state index is -1.31. The van der Waals surface area contributed by atoms with E-state index in [0.717, 1.165) is 6.20 Å². The molecule has 0 aliphatic carbocycles. The fraction of sp³-hybridized carbons (Fsp3) is 0.273. The molecule has 2 aromatic heterocycles. The molecule has 3 heterocycles. The van der Waals surface area contributed by atoms with E-state index in [0.29, 0.717) is 11.8 Å². The van der Waals surface area contributed by atoms with Crippen molar-refractivity contribution >= 4 is 6.29 Å². The Bertz CT molecular complexity index is 613.